The van der Waals surface area contributed by atoms with Crippen molar-refractivity contribution in [1.82, 2.24) is 20.1 Å². The van der Waals surface area contributed by atoms with E-state index in [0.717, 1.165) is 6.54 Å². The van der Waals surface area contributed by atoms with Gasteiger partial charge in [-0.25, -0.2) is 9.59 Å². The summed E-state index contributed by atoms with van der Waals surface area (Å²) in [5.74, 6) is -1.24. The van der Waals surface area contributed by atoms with E-state index in [1.807, 2.05) is 11.9 Å². The lowest BCUT2D eigenvalue weighted by atomic mass is 9.85. The number of ether oxygens (including phenoxy) is 3. The van der Waals surface area contributed by atoms with Crippen LogP contribution in [0.15, 0.2) is 83.7 Å². The number of aromatic amines is 1. The molecule has 1 fully saturated rings. The summed E-state index contributed by atoms with van der Waals surface area (Å²) in [6.45, 7) is 18.2. The number of rotatable bonds is 17. The van der Waals surface area contributed by atoms with E-state index in [2.05, 4.69) is 44.2 Å². The van der Waals surface area contributed by atoms with E-state index in [1.54, 1.807) is 86.3 Å². The number of fused-ring (bicyclic) bond motifs is 1. The molecule has 0 saturated carbocycles. The second kappa shape index (κ2) is 19.7. The molecule has 0 spiro atoms. The summed E-state index contributed by atoms with van der Waals surface area (Å²) in [5.41, 5.74) is -1.23. The summed E-state index contributed by atoms with van der Waals surface area (Å²) >= 11 is 0. The molecule has 3 aromatic carbocycles. The minimum absolute atomic E-state index is 0.0786. The molecule has 1 aliphatic rings. The van der Waals surface area contributed by atoms with Crippen molar-refractivity contribution < 1.29 is 42.9 Å². The van der Waals surface area contributed by atoms with Gasteiger partial charge in [-0.2, -0.15) is 0 Å². The molecular formula is C47H62N4O10Si. The van der Waals surface area contributed by atoms with Gasteiger partial charge in [-0.05, 0) is 95.0 Å². The fraction of sp³-hybridized carbons (Fsp3) is 0.468. The van der Waals surface area contributed by atoms with Gasteiger partial charge in [0.05, 0.1) is 18.2 Å². The summed E-state index contributed by atoms with van der Waals surface area (Å²) in [6, 6.07) is 21.3. The van der Waals surface area contributed by atoms with Gasteiger partial charge in [0.2, 0.25) is 5.56 Å². The molecule has 2 heterocycles. The Morgan fingerprint density at radius 3 is 2.32 bits per heavy atom. The number of esters is 1. The third kappa shape index (κ3) is 11.5. The number of aromatic nitrogens is 1. The maximum absolute atomic E-state index is 14.1. The number of likely N-dealkylation sites (tertiary alicyclic amines) is 1. The van der Waals surface area contributed by atoms with Gasteiger partial charge in [-0.15, -0.1) is 0 Å². The first-order chi connectivity index (χ1) is 29.1. The first kappa shape index (κ1) is 47.5. The van der Waals surface area contributed by atoms with Crippen LogP contribution < -0.4 is 10.9 Å². The van der Waals surface area contributed by atoms with E-state index >= 15 is 0 Å². The fourth-order valence-electron chi connectivity index (χ4n) is 7.22. The largest absolute Gasteiger partial charge is 0.506 e. The first-order valence-electron chi connectivity index (χ1n) is 21.1. The number of amides is 2. The molecule has 4 aromatic rings. The molecule has 0 bridgehead atoms. The number of likely N-dealkylation sites (N-methyl/N-ethyl adjacent to an activating group) is 1. The van der Waals surface area contributed by atoms with Crippen molar-refractivity contribution in [2.45, 2.75) is 102 Å². The minimum atomic E-state index is -2.47. The summed E-state index contributed by atoms with van der Waals surface area (Å²) < 4.78 is 24.5. The zero-order valence-electron chi connectivity index (χ0n) is 37.4. The SMILES string of the molecule is CN1CC[C@@H](OC(=O)C(OC=O)(c2ccccc2)c2cccc(C(=O)NCCCCN(C[C@H](O[Si](C)(C)C(C)(C)C)c3ccc(O)c4[nH]c(=O)ccc34)C(=O)OC(C)(C)C)c2)C1. The van der Waals surface area contributed by atoms with Crippen molar-refractivity contribution in [1.29, 1.82) is 0 Å². The van der Waals surface area contributed by atoms with Gasteiger partial charge in [-0.3, -0.25) is 14.4 Å². The highest BCUT2D eigenvalue weighted by Gasteiger charge is 2.48. The number of phenols is 1. The van der Waals surface area contributed by atoms with Crippen molar-refractivity contribution in [3.05, 3.63) is 111 Å². The van der Waals surface area contributed by atoms with E-state index in [9.17, 15) is 29.1 Å². The Bertz CT molecular complexity index is 2270. The Balaban J connectivity index is 1.34. The quantitative estimate of drug-likeness (QED) is 0.0317. The Kier molecular flexibility index (Phi) is 15.1. The van der Waals surface area contributed by atoms with Crippen LogP contribution in [0.4, 0.5) is 4.79 Å². The standard InChI is InChI=1S/C47H62N4O10Si/c1-45(2,3)60-44(57)51(30-39(61-62(8,9)46(4,5)6)36-20-22-38(53)41-37(36)21-23-40(54)49-41)26-14-13-25-48-42(55)32-16-15-19-34(28-32)47(58-31-52,33-17-11-10-12-18-33)43(56)59-35-24-27-50(7)29-35/h10-12,15-23,28,31,35,39,53H,13-14,24-27,29-30H2,1-9H3,(H,48,55)(H,49,54)/t35-,39+,47?/m1/s1. The van der Waals surface area contributed by atoms with Crippen LogP contribution in [0, 0.1) is 0 Å². The van der Waals surface area contributed by atoms with Gasteiger partial charge in [-0.1, -0.05) is 69.3 Å². The van der Waals surface area contributed by atoms with E-state index in [-0.39, 0.29) is 59.1 Å². The minimum Gasteiger partial charge on any atom is -0.506 e. The van der Waals surface area contributed by atoms with Crippen molar-refractivity contribution in [2.24, 2.45) is 0 Å². The number of phenolic OH excluding ortho intramolecular Hbond substituents is 1. The van der Waals surface area contributed by atoms with Gasteiger partial charge in [0.25, 0.3) is 18.0 Å². The number of hydrogen-bond acceptors (Lipinski definition) is 11. The average Bonchev–Trinajstić information content (AvgIpc) is 3.62. The molecular weight excluding hydrogens is 809 g/mol. The van der Waals surface area contributed by atoms with Crippen LogP contribution >= 0.6 is 0 Å². The number of carbonyl (C=O) groups is 4. The molecule has 14 nitrogen and oxygen atoms in total. The molecule has 62 heavy (non-hydrogen) atoms. The molecule has 1 saturated heterocycles. The molecule has 0 aliphatic carbocycles. The fourth-order valence-corrected chi connectivity index (χ4v) is 8.49. The molecule has 0 radical (unpaired) electrons. The Hall–Kier alpha value is -5.51. The lowest BCUT2D eigenvalue weighted by Crippen LogP contribution is -2.46. The number of pyridine rings is 1. The topological polar surface area (TPSA) is 177 Å². The van der Waals surface area contributed by atoms with Crippen molar-refractivity contribution in [2.75, 3.05) is 39.8 Å². The summed E-state index contributed by atoms with van der Waals surface area (Å²) in [4.78, 5) is 72.3. The maximum atomic E-state index is 14.1. The van der Waals surface area contributed by atoms with Crippen LogP contribution in [0.25, 0.3) is 10.9 Å². The van der Waals surface area contributed by atoms with Gasteiger partial charge >= 0.3 is 12.1 Å². The van der Waals surface area contributed by atoms with Gasteiger partial charge < -0.3 is 43.8 Å². The normalized spacial score (nSPS) is 16.2. The zero-order valence-corrected chi connectivity index (χ0v) is 38.4. The molecule has 1 aromatic heterocycles. The highest BCUT2D eigenvalue weighted by atomic mass is 28.4. The molecule has 2 amide bonds. The summed E-state index contributed by atoms with van der Waals surface area (Å²) in [7, 11) is -0.533. The maximum Gasteiger partial charge on any atom is 0.410 e. The number of H-pyrrole nitrogens is 1. The van der Waals surface area contributed by atoms with Crippen LogP contribution in [0.5, 0.6) is 5.75 Å². The van der Waals surface area contributed by atoms with Crippen LogP contribution in [0.1, 0.15) is 94.0 Å². The number of benzene rings is 3. The van der Waals surface area contributed by atoms with Crippen LogP contribution in [0.2, 0.25) is 18.1 Å². The number of hydrogen-bond donors (Lipinski definition) is 3. The van der Waals surface area contributed by atoms with Crippen molar-refractivity contribution in [3.8, 4) is 5.75 Å². The zero-order chi connectivity index (χ0) is 45.5. The van der Waals surface area contributed by atoms with Gasteiger partial charge in [0.15, 0.2) is 8.32 Å². The van der Waals surface area contributed by atoms with Crippen LogP contribution in [-0.4, -0.2) is 104 Å². The lowest BCUT2D eigenvalue weighted by molar-refractivity contribution is -0.176. The molecule has 334 valence electrons. The smallest absolute Gasteiger partial charge is 0.410 e. The monoisotopic (exact) mass is 870 g/mol. The van der Waals surface area contributed by atoms with E-state index in [0.29, 0.717) is 42.3 Å². The van der Waals surface area contributed by atoms with Crippen LogP contribution in [-0.2, 0) is 33.8 Å². The molecule has 1 unspecified atom stereocenters. The lowest BCUT2D eigenvalue weighted by Gasteiger charge is -2.41. The molecule has 3 N–H and O–H groups in total. The number of unbranched alkanes of at least 4 members (excludes halogenated alkanes) is 1. The van der Waals surface area contributed by atoms with E-state index in [4.69, 9.17) is 18.6 Å². The predicted octanol–water partition coefficient (Wildman–Crippen LogP) is 7.41. The predicted molar refractivity (Wildman–Crippen MR) is 239 cm³/mol. The number of aromatic hydroxyl groups is 1. The first-order valence-corrected chi connectivity index (χ1v) is 24.0. The average molecular weight is 871 g/mol. The highest BCUT2D eigenvalue weighted by molar-refractivity contribution is 6.74. The van der Waals surface area contributed by atoms with Crippen molar-refractivity contribution in [3.63, 3.8) is 0 Å². The summed E-state index contributed by atoms with van der Waals surface area (Å²) in [6.07, 6.45) is 0.0490. The summed E-state index contributed by atoms with van der Waals surface area (Å²) in [5, 5.41) is 14.0. The molecule has 3 atom stereocenters. The third-order valence-corrected chi connectivity index (χ3v) is 16.0. The van der Waals surface area contributed by atoms with Crippen molar-refractivity contribution >= 4 is 43.7 Å². The Morgan fingerprint density at radius 1 is 0.968 bits per heavy atom. The van der Waals surface area contributed by atoms with E-state index < -0.39 is 49.7 Å². The molecule has 1 aliphatic heterocycles. The number of nitrogens with one attached hydrogen (secondary N) is 2. The second-order valence-corrected chi connectivity index (χ2v) is 23.2. The Labute approximate surface area is 365 Å². The van der Waals surface area contributed by atoms with Gasteiger partial charge in [0, 0.05) is 54.3 Å². The van der Waals surface area contributed by atoms with Crippen LogP contribution in [0.3, 0.4) is 0 Å². The highest BCUT2D eigenvalue weighted by Crippen LogP contribution is 2.42. The number of nitrogens with zero attached hydrogens (tertiary/aromatic N) is 2. The number of carbonyl (C=O) groups excluding carboxylic acids is 4. The Morgan fingerprint density at radius 2 is 1.68 bits per heavy atom. The molecule has 15 heteroatoms. The van der Waals surface area contributed by atoms with E-state index in [1.165, 1.54) is 18.2 Å². The second-order valence-electron chi connectivity index (χ2n) is 18.5. The van der Waals surface area contributed by atoms with Gasteiger partial charge in [0.1, 0.15) is 17.5 Å². The third-order valence-electron chi connectivity index (χ3n) is 11.5. The molecule has 5 rings (SSSR count).